The van der Waals surface area contributed by atoms with Gasteiger partial charge in [0.15, 0.2) is 5.71 Å². The smallest absolute Gasteiger partial charge is 0.748 e. The second kappa shape index (κ2) is 23.1. The first-order valence-corrected chi connectivity index (χ1v) is 24.0. The van der Waals surface area contributed by atoms with Gasteiger partial charge >= 0.3 is 94.6 Å². The first kappa shape index (κ1) is 57.5. The summed E-state index contributed by atoms with van der Waals surface area (Å²) in [5.74, 6) is -2.26. The predicted molar refractivity (Wildman–Crippen MR) is 207 cm³/mol. The number of methoxy groups -OCH3 is 1. The molecule has 0 aliphatic carbocycles. The van der Waals surface area contributed by atoms with Gasteiger partial charge in [-0.2, -0.15) is 21.4 Å². The van der Waals surface area contributed by atoms with Gasteiger partial charge in [0, 0.05) is 66.8 Å². The summed E-state index contributed by atoms with van der Waals surface area (Å²) in [5, 5.41) is 9.12. The van der Waals surface area contributed by atoms with E-state index >= 15 is 0 Å². The minimum absolute atomic E-state index is 0. The van der Waals surface area contributed by atoms with E-state index < -0.39 is 73.7 Å². The van der Waals surface area contributed by atoms with Crippen LogP contribution in [-0.2, 0) is 60.8 Å². The molecule has 2 heterocycles. The zero-order valence-corrected chi connectivity index (χ0v) is 43.9. The van der Waals surface area contributed by atoms with Gasteiger partial charge in [-0.25, -0.2) is 16.8 Å². The first-order chi connectivity index (χ1) is 26.3. The van der Waals surface area contributed by atoms with Crippen LogP contribution in [0.5, 0.6) is 0 Å². The number of fused-ring (bicyclic) bond motifs is 2. The van der Waals surface area contributed by atoms with Gasteiger partial charge in [-0.15, -0.1) is 0 Å². The van der Waals surface area contributed by atoms with Crippen molar-refractivity contribution in [3.8, 4) is 0 Å². The van der Waals surface area contributed by atoms with E-state index in [0.29, 0.717) is 59.7 Å². The number of ether oxygens (including phenoxy) is 1. The summed E-state index contributed by atoms with van der Waals surface area (Å²) in [6.45, 7) is 4.25. The van der Waals surface area contributed by atoms with E-state index in [2.05, 4.69) is 0 Å². The Balaban J connectivity index is 0.00000600. The molecule has 0 saturated heterocycles. The van der Waals surface area contributed by atoms with Crippen molar-refractivity contribution < 1.29 is 160 Å². The van der Waals surface area contributed by atoms with Crippen LogP contribution >= 0.6 is 0 Å². The van der Waals surface area contributed by atoms with Crippen molar-refractivity contribution in [3.63, 3.8) is 0 Å². The van der Waals surface area contributed by atoms with Gasteiger partial charge < -0.3 is 23.8 Å². The number of hydrogen-bond acceptors (Lipinski definition) is 13. The van der Waals surface area contributed by atoms with Gasteiger partial charge in [0.05, 0.1) is 37.7 Å². The maximum atomic E-state index is 12.2. The molecule has 60 heavy (non-hydrogen) atoms. The normalized spacial score (nSPS) is 19.8. The van der Waals surface area contributed by atoms with Crippen molar-refractivity contribution in [1.82, 2.24) is 0 Å². The van der Waals surface area contributed by atoms with Gasteiger partial charge in [0.2, 0.25) is 5.69 Å². The minimum atomic E-state index is -4.93. The van der Waals surface area contributed by atoms with Crippen molar-refractivity contribution in [3.05, 3.63) is 71.5 Å². The summed E-state index contributed by atoms with van der Waals surface area (Å²) in [6.07, 6.45) is 6.38. The van der Waals surface area contributed by atoms with E-state index in [1.54, 1.807) is 32.1 Å². The number of carboxylic acids is 1. The molecule has 2 aliphatic rings. The Morgan fingerprint density at radius 2 is 1.42 bits per heavy atom. The zero-order chi connectivity index (χ0) is 42.6. The Bertz CT molecular complexity index is 2430. The molecule has 3 N–H and O–H groups in total. The van der Waals surface area contributed by atoms with E-state index in [0.717, 1.165) is 6.07 Å². The number of allylic oxidation sites excluding steroid dienone is 4. The van der Waals surface area contributed by atoms with Crippen LogP contribution in [-0.4, -0.2) is 112 Å². The molecule has 2 unspecified atom stereocenters. The number of aliphatic carboxylic acids is 1. The quantitative estimate of drug-likeness (QED) is 0.0456. The Hall–Kier alpha value is -0.540. The fourth-order valence-electron chi connectivity index (χ4n) is 7.73. The van der Waals surface area contributed by atoms with E-state index in [-0.39, 0.29) is 139 Å². The molecule has 2 atom stereocenters. The number of rotatable bonds is 21. The summed E-state index contributed by atoms with van der Waals surface area (Å²) in [6, 6.07) is 7.92. The largest absolute Gasteiger partial charge is 1.00 e. The molecule has 0 fully saturated rings. The molecule has 0 spiro atoms. The van der Waals surface area contributed by atoms with Crippen LogP contribution in [0.4, 0.5) is 11.4 Å². The van der Waals surface area contributed by atoms with Crippen LogP contribution in [0.2, 0.25) is 0 Å². The van der Waals surface area contributed by atoms with E-state index in [9.17, 15) is 56.7 Å². The molecule has 0 amide bonds. The number of anilines is 1. The third-order valence-electron chi connectivity index (χ3n) is 10.5. The molecule has 316 valence electrons. The molecule has 0 radical (unpaired) electrons. The van der Waals surface area contributed by atoms with Crippen LogP contribution in [0.25, 0.3) is 0 Å². The van der Waals surface area contributed by atoms with Gasteiger partial charge in [0.1, 0.15) is 16.7 Å². The SMILES string of the molecule is COCCN1C(=CC=CC2=[N+](CCCCCC(=O)O)c3ccc(S(=O)(=O)[O-])cc3C2(C)CCCS(=O)(=O)[O-])C(C)(CCCS(=O)(=O)O)c2cc(S(=O)(=O)O)ccc21.[Na+].[Na+].[Na+]. The molecular weight excluding hydrogens is 898 g/mol. The fourth-order valence-corrected chi connectivity index (χ4v) is 9.74. The Labute approximate surface area is 419 Å². The number of benzene rings is 2. The third kappa shape index (κ3) is 14.7. The molecule has 0 aromatic heterocycles. The zero-order valence-electron chi connectivity index (χ0n) is 34.7. The molecule has 2 aromatic carbocycles. The summed E-state index contributed by atoms with van der Waals surface area (Å²) in [7, 11) is -17.1. The maximum Gasteiger partial charge on any atom is 1.00 e. The van der Waals surface area contributed by atoms with Crippen LogP contribution in [0.3, 0.4) is 0 Å². The number of nitrogens with zero attached hydrogens (tertiary/aromatic N) is 2. The molecule has 4 rings (SSSR count). The van der Waals surface area contributed by atoms with E-state index in [4.69, 9.17) is 9.84 Å². The average molecular weight is 945 g/mol. The average Bonchev–Trinajstić information content (AvgIpc) is 3.45. The molecule has 0 saturated carbocycles. The van der Waals surface area contributed by atoms with Gasteiger partial charge in [-0.1, -0.05) is 6.08 Å². The van der Waals surface area contributed by atoms with Crippen LogP contribution in [0, 0.1) is 0 Å². The minimum Gasteiger partial charge on any atom is -0.748 e. The van der Waals surface area contributed by atoms with Crippen LogP contribution < -0.4 is 93.6 Å². The van der Waals surface area contributed by atoms with Crippen molar-refractivity contribution >= 4 is 63.5 Å². The number of unbranched alkanes of at least 4 members (excludes halogenated alkanes) is 2. The van der Waals surface area contributed by atoms with Crippen molar-refractivity contribution in [2.75, 3.05) is 43.2 Å². The molecule has 17 nitrogen and oxygen atoms in total. The topological polar surface area (TPSA) is 276 Å². The van der Waals surface area contributed by atoms with Gasteiger partial charge in [-0.05, 0) is 94.3 Å². The summed E-state index contributed by atoms with van der Waals surface area (Å²) in [4.78, 5) is 12.1. The second-order valence-corrected chi connectivity index (χ2v) is 20.4. The maximum absolute atomic E-state index is 12.2. The van der Waals surface area contributed by atoms with Crippen molar-refractivity contribution in [2.24, 2.45) is 0 Å². The fraction of sp³-hybridized carbons (Fsp3) is 0.500. The van der Waals surface area contributed by atoms with Crippen molar-refractivity contribution in [1.29, 1.82) is 0 Å². The Morgan fingerprint density at radius 3 is 1.98 bits per heavy atom. The second-order valence-electron chi connectivity index (χ2n) is 14.5. The summed E-state index contributed by atoms with van der Waals surface area (Å²) < 4.78 is 146. The van der Waals surface area contributed by atoms with Crippen molar-refractivity contribution in [2.45, 2.75) is 85.8 Å². The molecule has 2 aromatic rings. The molecular formula is C36H47N2Na3O15S4+2. The third-order valence-corrected chi connectivity index (χ3v) is 13.7. The van der Waals surface area contributed by atoms with E-state index in [1.165, 1.54) is 37.4 Å². The van der Waals surface area contributed by atoms with E-state index in [1.807, 2.05) is 9.48 Å². The van der Waals surface area contributed by atoms with Gasteiger partial charge in [0.25, 0.3) is 20.2 Å². The predicted octanol–water partition coefficient (Wildman–Crippen LogP) is -5.29. The Kier molecular flexibility index (Phi) is 22.1. The van der Waals surface area contributed by atoms with Gasteiger partial charge in [-0.3, -0.25) is 13.9 Å². The van der Waals surface area contributed by atoms with Crippen LogP contribution in [0.15, 0.2) is 70.1 Å². The Morgan fingerprint density at radius 1 is 0.817 bits per heavy atom. The molecule has 2 aliphatic heterocycles. The first-order valence-electron chi connectivity index (χ1n) is 17.9. The summed E-state index contributed by atoms with van der Waals surface area (Å²) >= 11 is 0. The number of carboxylic acid groups (broad SMARTS) is 1. The molecule has 24 heteroatoms. The van der Waals surface area contributed by atoms with Crippen LogP contribution in [0.1, 0.15) is 76.3 Å². The number of hydrogen-bond donors (Lipinski definition) is 3. The summed E-state index contributed by atoms with van der Waals surface area (Å²) in [5.41, 5.74) is 0.742. The monoisotopic (exact) mass is 944 g/mol. The number of carbonyl (C=O) groups is 1. The standard InChI is InChI=1S/C36H48N2O15S4.3Na/c1-35(17-8-22-54(41,42)43)28-24-26(56(47,48)49)13-15-30(28)37(19-6-4-5-12-34(39)40)32(35)10-7-11-33-36(2,18-9-23-55(44,45)46)29-25-27(57(50,51)52)14-16-31(29)38(33)20-21-53-3;;;/h7,10-11,13-16,24-25H,4-6,8-9,12,17-23H2,1-3H3,(H4-,39,40,41,42,43,44,45,46,47,48,49,50,51,52);;;/q;3*+1/p-1. The molecule has 0 bridgehead atoms.